The second kappa shape index (κ2) is 31.2. The van der Waals surface area contributed by atoms with Crippen molar-refractivity contribution >= 4 is 13.7 Å². The lowest BCUT2D eigenvalue weighted by Gasteiger charge is -2.29. The Morgan fingerprint density at radius 2 is 1.15 bits per heavy atom. The second-order valence-corrected chi connectivity index (χ2v) is 16.1. The lowest BCUT2D eigenvalue weighted by atomic mass is 10.0. The quantitative estimate of drug-likeness (QED) is 0.0297. The topological polar surface area (TPSA) is 108 Å². The molecule has 0 radical (unpaired) electrons. The standard InChI is InChI=1S/C38H77N2O6P/c1-6-8-10-11-12-13-14-15-16-17-18-19-20-21-22-23-24-25-26-27-28-29-30-31-37(41)36(39-38(42)32-9-7-2)35-46-47(43,44)45-34-33-40(3,4)5/h30-31,36-37,41H,6-29,32-35H2,1-5H3,(H-,39,42,43,44)/b31-30+. The zero-order chi connectivity index (χ0) is 35.1. The molecule has 0 bridgehead atoms. The summed E-state index contributed by atoms with van der Waals surface area (Å²) in [6.07, 6.45) is 33.8. The lowest BCUT2D eigenvalue weighted by Crippen LogP contribution is -2.45. The van der Waals surface area contributed by atoms with Crippen LogP contribution >= 0.6 is 7.82 Å². The molecular weight excluding hydrogens is 611 g/mol. The predicted octanol–water partition coefficient (Wildman–Crippen LogP) is 9.39. The van der Waals surface area contributed by atoms with Crippen LogP contribution in [0.2, 0.25) is 0 Å². The van der Waals surface area contributed by atoms with Gasteiger partial charge >= 0.3 is 0 Å². The summed E-state index contributed by atoms with van der Waals surface area (Å²) in [6, 6.07) is -0.875. The van der Waals surface area contributed by atoms with Gasteiger partial charge in [0.05, 0.1) is 39.9 Å². The predicted molar refractivity (Wildman–Crippen MR) is 196 cm³/mol. The molecule has 280 valence electrons. The Bertz CT molecular complexity index is 789. The first kappa shape index (κ1) is 46.2. The van der Waals surface area contributed by atoms with E-state index in [0.717, 1.165) is 32.1 Å². The van der Waals surface area contributed by atoms with Gasteiger partial charge in [-0.15, -0.1) is 0 Å². The molecule has 3 atom stereocenters. The van der Waals surface area contributed by atoms with Crippen molar-refractivity contribution in [2.75, 3.05) is 40.9 Å². The number of phosphoric acid groups is 1. The molecule has 0 saturated heterocycles. The number of hydrogen-bond acceptors (Lipinski definition) is 6. The van der Waals surface area contributed by atoms with Crippen LogP contribution in [0.25, 0.3) is 0 Å². The number of nitrogens with zero attached hydrogens (tertiary/aromatic N) is 1. The average molecular weight is 689 g/mol. The maximum atomic E-state index is 12.3. The fourth-order valence-electron chi connectivity index (χ4n) is 5.54. The Morgan fingerprint density at radius 3 is 1.57 bits per heavy atom. The van der Waals surface area contributed by atoms with Gasteiger partial charge in [0.25, 0.3) is 7.82 Å². The van der Waals surface area contributed by atoms with Crippen molar-refractivity contribution in [1.82, 2.24) is 5.32 Å². The highest BCUT2D eigenvalue weighted by Gasteiger charge is 2.23. The van der Waals surface area contributed by atoms with Crippen molar-refractivity contribution in [3.8, 4) is 0 Å². The summed E-state index contributed by atoms with van der Waals surface area (Å²) < 4.78 is 22.8. The molecule has 1 amide bonds. The molecule has 0 rings (SSSR count). The van der Waals surface area contributed by atoms with Gasteiger partial charge in [-0.25, -0.2) is 0 Å². The Kier molecular flexibility index (Phi) is 30.7. The summed E-state index contributed by atoms with van der Waals surface area (Å²) in [5.74, 6) is -0.232. The van der Waals surface area contributed by atoms with Gasteiger partial charge in [0.2, 0.25) is 5.91 Å². The van der Waals surface area contributed by atoms with Crippen LogP contribution < -0.4 is 10.2 Å². The Labute approximate surface area is 291 Å². The minimum absolute atomic E-state index is 0.000230. The molecule has 8 nitrogen and oxygen atoms in total. The van der Waals surface area contributed by atoms with Crippen molar-refractivity contribution in [3.63, 3.8) is 0 Å². The van der Waals surface area contributed by atoms with Crippen molar-refractivity contribution in [3.05, 3.63) is 12.2 Å². The number of aliphatic hydroxyl groups excluding tert-OH is 1. The molecule has 0 fully saturated rings. The van der Waals surface area contributed by atoms with Crippen LogP contribution in [0.1, 0.15) is 174 Å². The molecule has 3 unspecified atom stereocenters. The van der Waals surface area contributed by atoms with E-state index in [9.17, 15) is 19.4 Å². The third kappa shape index (κ3) is 33.5. The number of quaternary nitrogens is 1. The van der Waals surface area contributed by atoms with Gasteiger partial charge in [-0.1, -0.05) is 161 Å². The average Bonchev–Trinajstić information content (AvgIpc) is 3.01. The third-order valence-electron chi connectivity index (χ3n) is 8.75. The maximum absolute atomic E-state index is 12.3. The number of amides is 1. The Balaban J connectivity index is 3.98. The zero-order valence-corrected chi connectivity index (χ0v) is 32.4. The van der Waals surface area contributed by atoms with E-state index in [-0.39, 0.29) is 19.1 Å². The first-order valence-electron chi connectivity index (χ1n) is 19.6. The first-order chi connectivity index (χ1) is 22.5. The number of unbranched alkanes of at least 4 members (excludes halogenated alkanes) is 22. The van der Waals surface area contributed by atoms with Gasteiger partial charge in [0.15, 0.2) is 0 Å². The van der Waals surface area contributed by atoms with Crippen LogP contribution in [0.5, 0.6) is 0 Å². The van der Waals surface area contributed by atoms with Crippen LogP contribution in [0, 0.1) is 0 Å². The van der Waals surface area contributed by atoms with E-state index in [0.29, 0.717) is 17.4 Å². The van der Waals surface area contributed by atoms with Crippen LogP contribution in [-0.4, -0.2) is 68.5 Å². The molecule has 2 N–H and O–H groups in total. The van der Waals surface area contributed by atoms with Crippen LogP contribution in [0.4, 0.5) is 0 Å². The summed E-state index contributed by atoms with van der Waals surface area (Å²) in [5.41, 5.74) is 0. The number of carbonyl (C=O) groups excluding carboxylic acids is 1. The number of nitrogens with one attached hydrogen (secondary N) is 1. The Morgan fingerprint density at radius 1 is 0.723 bits per heavy atom. The van der Waals surface area contributed by atoms with E-state index in [2.05, 4.69) is 12.2 Å². The highest BCUT2D eigenvalue weighted by Crippen LogP contribution is 2.38. The number of aliphatic hydroxyl groups is 1. The van der Waals surface area contributed by atoms with E-state index in [1.807, 2.05) is 34.1 Å². The summed E-state index contributed by atoms with van der Waals surface area (Å²) in [4.78, 5) is 24.6. The smallest absolute Gasteiger partial charge is 0.268 e. The number of likely N-dealkylation sites (N-methyl/N-ethyl adjacent to an activating group) is 1. The molecule has 9 heteroatoms. The number of hydrogen-bond donors (Lipinski definition) is 2. The first-order valence-corrected chi connectivity index (χ1v) is 21.0. The molecule has 0 aromatic heterocycles. The number of rotatable bonds is 35. The molecule has 0 aromatic rings. The summed E-state index contributed by atoms with van der Waals surface area (Å²) >= 11 is 0. The molecular formula is C38H77N2O6P. The summed E-state index contributed by atoms with van der Waals surface area (Å²) in [7, 11) is 1.26. The fourth-order valence-corrected chi connectivity index (χ4v) is 6.26. The highest BCUT2D eigenvalue weighted by atomic mass is 31.2. The molecule has 0 spiro atoms. The number of phosphoric ester groups is 1. The van der Waals surface area contributed by atoms with Crippen molar-refractivity contribution in [2.45, 2.75) is 187 Å². The second-order valence-electron chi connectivity index (χ2n) is 14.6. The third-order valence-corrected chi connectivity index (χ3v) is 9.71. The van der Waals surface area contributed by atoms with E-state index in [1.165, 1.54) is 122 Å². The van der Waals surface area contributed by atoms with E-state index in [4.69, 9.17) is 9.05 Å². The largest absolute Gasteiger partial charge is 0.756 e. The molecule has 47 heavy (non-hydrogen) atoms. The van der Waals surface area contributed by atoms with Crippen molar-refractivity contribution in [1.29, 1.82) is 0 Å². The van der Waals surface area contributed by atoms with Crippen LogP contribution in [0.3, 0.4) is 0 Å². The minimum Gasteiger partial charge on any atom is -0.756 e. The number of allylic oxidation sites excluding steroid dienone is 1. The monoisotopic (exact) mass is 689 g/mol. The van der Waals surface area contributed by atoms with Gasteiger partial charge in [-0.2, -0.15) is 0 Å². The van der Waals surface area contributed by atoms with Gasteiger partial charge in [-0.3, -0.25) is 9.36 Å². The van der Waals surface area contributed by atoms with Gasteiger partial charge < -0.3 is 28.8 Å². The van der Waals surface area contributed by atoms with Crippen LogP contribution in [-0.2, 0) is 18.4 Å². The van der Waals surface area contributed by atoms with Gasteiger partial charge in [0, 0.05) is 6.42 Å². The van der Waals surface area contributed by atoms with Crippen molar-refractivity contribution < 1.29 is 32.9 Å². The van der Waals surface area contributed by atoms with Gasteiger partial charge in [0.1, 0.15) is 13.2 Å². The Hall–Kier alpha value is -0.760. The molecule has 0 saturated carbocycles. The van der Waals surface area contributed by atoms with Gasteiger partial charge in [-0.05, 0) is 19.3 Å². The molecule has 0 aliphatic heterocycles. The molecule has 0 aromatic carbocycles. The highest BCUT2D eigenvalue weighted by molar-refractivity contribution is 7.45. The minimum atomic E-state index is -4.55. The van der Waals surface area contributed by atoms with Crippen LogP contribution in [0.15, 0.2) is 12.2 Å². The lowest BCUT2D eigenvalue weighted by molar-refractivity contribution is -0.870. The normalized spacial score (nSPS) is 14.8. The fraction of sp³-hybridized carbons (Fsp3) is 0.921. The molecule has 0 aliphatic rings. The summed E-state index contributed by atoms with van der Waals surface area (Å²) in [5, 5.41) is 13.5. The molecule has 0 aliphatic carbocycles. The van der Waals surface area contributed by atoms with E-state index >= 15 is 0 Å². The summed E-state index contributed by atoms with van der Waals surface area (Å²) in [6.45, 7) is 4.39. The van der Waals surface area contributed by atoms with E-state index in [1.54, 1.807) is 6.08 Å². The van der Waals surface area contributed by atoms with E-state index < -0.39 is 20.0 Å². The molecule has 0 heterocycles. The maximum Gasteiger partial charge on any atom is 0.268 e. The zero-order valence-electron chi connectivity index (χ0n) is 31.5. The van der Waals surface area contributed by atoms with Crippen molar-refractivity contribution in [2.24, 2.45) is 0 Å². The SMILES string of the molecule is CCCCCCCCCCCCCCCCCCCCCCC/C=C/C(O)C(COP(=O)([O-])OCC[N+](C)(C)C)NC(=O)CCCC. The number of carbonyl (C=O) groups is 1.